The minimum absolute atomic E-state index is 0.00511. The molecule has 0 aromatic carbocycles. The lowest BCUT2D eigenvalue weighted by atomic mass is 10.0. The summed E-state index contributed by atoms with van der Waals surface area (Å²) in [6.07, 6.45) is 4.76. The van der Waals surface area contributed by atoms with Crippen LogP contribution in [0.25, 0.3) is 0 Å². The average molecular weight is 362 g/mol. The first-order chi connectivity index (χ1) is 12.3. The van der Waals surface area contributed by atoms with Gasteiger partial charge in [0.2, 0.25) is 0 Å². The Morgan fingerprint density at radius 2 is 2.04 bits per heavy atom. The van der Waals surface area contributed by atoms with E-state index in [1.54, 1.807) is 0 Å². The third-order valence-electron chi connectivity index (χ3n) is 4.45. The van der Waals surface area contributed by atoms with Crippen molar-refractivity contribution in [3.8, 4) is 0 Å². The number of hydrogen-bond acceptors (Lipinski definition) is 6. The number of carbonyl (C=O) groups excluding carboxylic acids is 1. The van der Waals surface area contributed by atoms with Gasteiger partial charge in [-0.2, -0.15) is 0 Å². The summed E-state index contributed by atoms with van der Waals surface area (Å²) in [5.74, 6) is -2.19. The normalized spacial score (nSPS) is 16.0. The fourth-order valence-electron chi connectivity index (χ4n) is 2.80. The Balaban J connectivity index is 1.94. The van der Waals surface area contributed by atoms with Gasteiger partial charge in [-0.1, -0.05) is 6.92 Å². The van der Waals surface area contributed by atoms with Crippen LogP contribution in [0.1, 0.15) is 36.5 Å². The van der Waals surface area contributed by atoms with Crippen LogP contribution in [0.15, 0.2) is 24.5 Å². The van der Waals surface area contributed by atoms with Gasteiger partial charge in [-0.15, -0.1) is 0 Å². The van der Waals surface area contributed by atoms with Crippen LogP contribution in [0.4, 0.5) is 26.1 Å². The molecule has 1 aliphatic carbocycles. The van der Waals surface area contributed by atoms with Crippen molar-refractivity contribution in [3.63, 3.8) is 0 Å². The number of hydrogen-bond donors (Lipinski definition) is 4. The molecule has 0 aliphatic heterocycles. The molecular weight excluding hydrogens is 342 g/mol. The minimum atomic E-state index is -0.862. The maximum absolute atomic E-state index is 14.4. The van der Waals surface area contributed by atoms with Gasteiger partial charge in [0.1, 0.15) is 11.6 Å². The molecule has 1 amide bonds. The number of halogens is 2. The molecule has 7 nitrogen and oxygen atoms in total. The molecule has 0 spiro atoms. The molecular formula is C17H20F2N6O. The maximum atomic E-state index is 14.4. The molecule has 1 aliphatic rings. The Kier molecular flexibility index (Phi) is 4.73. The number of nitrogens with zero attached hydrogens (tertiary/aromatic N) is 2. The standard InChI is InChI=1S/C17H20F2N6O/c1-2-13(17(21)3-4-17)24-16-12(19)6-11(14(20)26)15(25-16)23-10-5-9(18)7-22-8-10/h5-8,13H,2-4,21H2,1H3,(H2,20,26)(H2,23,24,25). The third kappa shape index (κ3) is 3.72. The van der Waals surface area contributed by atoms with Crippen molar-refractivity contribution in [2.45, 2.75) is 37.8 Å². The predicted octanol–water partition coefficient (Wildman–Crippen LogP) is 2.28. The molecule has 1 fully saturated rings. The number of nitrogens with one attached hydrogen (secondary N) is 2. The molecule has 1 unspecified atom stereocenters. The van der Waals surface area contributed by atoms with Gasteiger partial charge < -0.3 is 22.1 Å². The summed E-state index contributed by atoms with van der Waals surface area (Å²) >= 11 is 0. The number of rotatable bonds is 7. The summed E-state index contributed by atoms with van der Waals surface area (Å²) in [4.78, 5) is 19.5. The second-order valence-corrected chi connectivity index (χ2v) is 6.43. The lowest BCUT2D eigenvalue weighted by molar-refractivity contribution is 0.100. The topological polar surface area (TPSA) is 119 Å². The number of carbonyl (C=O) groups is 1. The van der Waals surface area contributed by atoms with Crippen LogP contribution in [0.5, 0.6) is 0 Å². The fourth-order valence-corrected chi connectivity index (χ4v) is 2.80. The molecule has 2 aromatic heterocycles. The second-order valence-electron chi connectivity index (χ2n) is 6.43. The molecule has 9 heteroatoms. The fraction of sp³-hybridized carbons (Fsp3) is 0.353. The molecule has 1 atom stereocenters. The summed E-state index contributed by atoms with van der Waals surface area (Å²) in [6, 6.07) is 2.01. The van der Waals surface area contributed by atoms with E-state index in [1.807, 2.05) is 6.92 Å². The number of primary amides is 1. The van der Waals surface area contributed by atoms with E-state index in [0.29, 0.717) is 6.42 Å². The molecule has 0 radical (unpaired) electrons. The molecule has 138 valence electrons. The van der Waals surface area contributed by atoms with E-state index in [1.165, 1.54) is 12.3 Å². The van der Waals surface area contributed by atoms with Crippen molar-refractivity contribution in [2.24, 2.45) is 11.5 Å². The summed E-state index contributed by atoms with van der Waals surface area (Å²) in [5.41, 5.74) is 11.2. The van der Waals surface area contributed by atoms with Gasteiger partial charge in [0.25, 0.3) is 5.91 Å². The van der Waals surface area contributed by atoms with E-state index in [-0.39, 0.29) is 34.5 Å². The van der Waals surface area contributed by atoms with Crippen LogP contribution in [-0.4, -0.2) is 27.5 Å². The van der Waals surface area contributed by atoms with Gasteiger partial charge in [-0.25, -0.2) is 13.8 Å². The smallest absolute Gasteiger partial charge is 0.252 e. The van der Waals surface area contributed by atoms with Crippen LogP contribution < -0.4 is 22.1 Å². The largest absolute Gasteiger partial charge is 0.365 e. The first-order valence-corrected chi connectivity index (χ1v) is 8.25. The van der Waals surface area contributed by atoms with E-state index in [0.717, 1.165) is 25.1 Å². The average Bonchev–Trinajstić information content (AvgIpc) is 3.33. The van der Waals surface area contributed by atoms with Crippen LogP contribution in [0.2, 0.25) is 0 Å². The number of nitrogens with two attached hydrogens (primary N) is 2. The van der Waals surface area contributed by atoms with Crippen molar-refractivity contribution in [1.82, 2.24) is 9.97 Å². The monoisotopic (exact) mass is 362 g/mol. The molecule has 3 rings (SSSR count). The zero-order valence-electron chi connectivity index (χ0n) is 14.2. The van der Waals surface area contributed by atoms with Gasteiger partial charge in [0.05, 0.1) is 23.6 Å². The summed E-state index contributed by atoms with van der Waals surface area (Å²) < 4.78 is 27.8. The molecule has 6 N–H and O–H groups in total. The second kappa shape index (κ2) is 6.83. The van der Waals surface area contributed by atoms with Crippen LogP contribution >= 0.6 is 0 Å². The summed E-state index contributed by atoms with van der Waals surface area (Å²) in [5, 5.41) is 5.77. The van der Waals surface area contributed by atoms with Crippen molar-refractivity contribution in [1.29, 1.82) is 0 Å². The van der Waals surface area contributed by atoms with Crippen molar-refractivity contribution < 1.29 is 13.6 Å². The van der Waals surface area contributed by atoms with E-state index in [9.17, 15) is 13.6 Å². The first-order valence-electron chi connectivity index (χ1n) is 8.25. The number of pyridine rings is 2. The van der Waals surface area contributed by atoms with Crippen molar-refractivity contribution >= 4 is 23.2 Å². The highest BCUT2D eigenvalue weighted by molar-refractivity contribution is 5.98. The van der Waals surface area contributed by atoms with E-state index >= 15 is 0 Å². The van der Waals surface area contributed by atoms with Gasteiger partial charge in [-0.05, 0) is 25.3 Å². The Hall–Kier alpha value is -2.81. The highest BCUT2D eigenvalue weighted by Gasteiger charge is 2.45. The van der Waals surface area contributed by atoms with Crippen LogP contribution in [-0.2, 0) is 0 Å². The van der Waals surface area contributed by atoms with E-state index in [4.69, 9.17) is 11.5 Å². The zero-order chi connectivity index (χ0) is 18.9. The van der Waals surface area contributed by atoms with Crippen molar-refractivity contribution in [2.75, 3.05) is 10.6 Å². The van der Waals surface area contributed by atoms with Gasteiger partial charge in [0.15, 0.2) is 11.6 Å². The Bertz CT molecular complexity index is 840. The minimum Gasteiger partial charge on any atom is -0.365 e. The predicted molar refractivity (Wildman–Crippen MR) is 94.0 cm³/mol. The lowest BCUT2D eigenvalue weighted by Gasteiger charge is -2.24. The highest BCUT2D eigenvalue weighted by atomic mass is 19.1. The number of anilines is 3. The lowest BCUT2D eigenvalue weighted by Crippen LogP contribution is -2.42. The molecule has 1 saturated carbocycles. The number of amides is 1. The summed E-state index contributed by atoms with van der Waals surface area (Å²) in [6.45, 7) is 1.94. The molecule has 2 heterocycles. The van der Waals surface area contributed by atoms with Gasteiger partial charge in [0, 0.05) is 17.6 Å². The summed E-state index contributed by atoms with van der Waals surface area (Å²) in [7, 11) is 0. The SMILES string of the molecule is CCC(Nc1nc(Nc2cncc(F)c2)c(C(N)=O)cc1F)C1(N)CC1. The Morgan fingerprint density at radius 1 is 1.31 bits per heavy atom. The van der Waals surface area contributed by atoms with Crippen LogP contribution in [0.3, 0.4) is 0 Å². The van der Waals surface area contributed by atoms with Crippen molar-refractivity contribution in [3.05, 3.63) is 41.7 Å². The first kappa shape index (κ1) is 18.0. The van der Waals surface area contributed by atoms with Gasteiger partial charge in [-0.3, -0.25) is 9.78 Å². The Morgan fingerprint density at radius 3 is 2.62 bits per heavy atom. The van der Waals surface area contributed by atoms with Gasteiger partial charge >= 0.3 is 0 Å². The quantitative estimate of drug-likeness (QED) is 0.600. The highest BCUT2D eigenvalue weighted by Crippen LogP contribution is 2.38. The third-order valence-corrected chi connectivity index (χ3v) is 4.45. The van der Waals surface area contributed by atoms with E-state index in [2.05, 4.69) is 20.6 Å². The Labute approximate surface area is 149 Å². The molecule has 26 heavy (non-hydrogen) atoms. The van der Waals surface area contributed by atoms with Crippen LogP contribution in [0, 0.1) is 11.6 Å². The molecule has 0 bridgehead atoms. The molecule has 0 saturated heterocycles. The number of aromatic nitrogens is 2. The zero-order valence-corrected chi connectivity index (χ0v) is 14.2. The molecule has 2 aromatic rings. The maximum Gasteiger partial charge on any atom is 0.252 e. The van der Waals surface area contributed by atoms with E-state index < -0.39 is 17.5 Å².